The van der Waals surface area contributed by atoms with Gasteiger partial charge in [-0.15, -0.1) is 0 Å². The third-order valence-electron chi connectivity index (χ3n) is 6.77. The van der Waals surface area contributed by atoms with Crippen LogP contribution >= 0.6 is 0 Å². The molecule has 1 saturated heterocycles. The van der Waals surface area contributed by atoms with Gasteiger partial charge in [-0.05, 0) is 68.4 Å². The third kappa shape index (κ3) is 4.89. The number of nitrogens with zero attached hydrogens (tertiary/aromatic N) is 1. The molecule has 1 atom stereocenters. The molecular weight excluding hydrogens is 390 g/mol. The topological polar surface area (TPSA) is 51.2 Å². The largest absolute Gasteiger partial charge is 0.507 e. The predicted molar refractivity (Wildman–Crippen MR) is 122 cm³/mol. The maximum absolute atomic E-state index is 10.4. The van der Waals surface area contributed by atoms with Crippen LogP contribution in [0.4, 0.5) is 0 Å². The van der Waals surface area contributed by atoms with Crippen molar-refractivity contribution in [3.05, 3.63) is 57.6 Å². The number of ether oxygens (including phenoxy) is 3. The molecule has 168 valence electrons. The Labute approximate surface area is 185 Å². The van der Waals surface area contributed by atoms with Gasteiger partial charge in [-0.3, -0.25) is 4.90 Å². The molecule has 0 aliphatic carbocycles. The average molecular weight is 426 g/mol. The van der Waals surface area contributed by atoms with Crippen LogP contribution in [0.1, 0.15) is 46.7 Å². The van der Waals surface area contributed by atoms with E-state index in [4.69, 9.17) is 14.2 Å². The summed E-state index contributed by atoms with van der Waals surface area (Å²) in [5.41, 5.74) is 6.15. The van der Waals surface area contributed by atoms with E-state index in [1.807, 2.05) is 20.8 Å². The number of fused-ring (bicyclic) bond motifs is 1. The van der Waals surface area contributed by atoms with Crippen LogP contribution in [0.2, 0.25) is 0 Å². The van der Waals surface area contributed by atoms with Crippen molar-refractivity contribution in [2.45, 2.75) is 59.3 Å². The van der Waals surface area contributed by atoms with Gasteiger partial charge >= 0.3 is 0 Å². The van der Waals surface area contributed by atoms with Crippen molar-refractivity contribution in [2.75, 3.05) is 32.9 Å². The second kappa shape index (κ2) is 9.19. The molecule has 1 N–H and O–H groups in total. The first kappa shape index (κ1) is 22.1. The first-order valence-corrected chi connectivity index (χ1v) is 11.3. The molecular formula is C26H35NO4. The number of morpholine rings is 1. The second-order valence-electron chi connectivity index (χ2n) is 9.28. The van der Waals surface area contributed by atoms with Gasteiger partial charge in [0.1, 0.15) is 17.1 Å². The molecule has 0 spiro atoms. The van der Waals surface area contributed by atoms with Gasteiger partial charge in [-0.1, -0.05) is 24.3 Å². The molecule has 1 unspecified atom stereocenters. The van der Waals surface area contributed by atoms with Crippen LogP contribution in [0.5, 0.6) is 11.5 Å². The third-order valence-corrected chi connectivity index (χ3v) is 6.77. The van der Waals surface area contributed by atoms with Gasteiger partial charge in [-0.2, -0.15) is 0 Å². The molecule has 0 aromatic heterocycles. The Morgan fingerprint density at radius 3 is 2.58 bits per heavy atom. The van der Waals surface area contributed by atoms with Gasteiger partial charge in [0.25, 0.3) is 0 Å². The highest BCUT2D eigenvalue weighted by Gasteiger charge is 2.34. The number of hydrogen-bond donors (Lipinski definition) is 1. The first-order valence-electron chi connectivity index (χ1n) is 11.3. The molecule has 0 radical (unpaired) electrons. The van der Waals surface area contributed by atoms with E-state index >= 15 is 0 Å². The fourth-order valence-corrected chi connectivity index (χ4v) is 4.62. The molecule has 2 aliphatic rings. The predicted octanol–water partition coefficient (Wildman–Crippen LogP) is 4.45. The summed E-state index contributed by atoms with van der Waals surface area (Å²) in [7, 11) is 0. The smallest absolute Gasteiger partial charge is 0.130 e. The van der Waals surface area contributed by atoms with Crippen molar-refractivity contribution in [3.63, 3.8) is 0 Å². The number of aromatic hydroxyl groups is 1. The fraction of sp³-hybridized carbons (Fsp3) is 0.538. The Hall–Kier alpha value is -2.08. The lowest BCUT2D eigenvalue weighted by molar-refractivity contribution is -0.0341. The second-order valence-corrected chi connectivity index (χ2v) is 9.28. The zero-order chi connectivity index (χ0) is 22.0. The molecule has 2 aromatic carbocycles. The van der Waals surface area contributed by atoms with Crippen LogP contribution in [0.3, 0.4) is 0 Å². The molecule has 2 aliphatic heterocycles. The standard InChI is InChI=1S/C26H35NO4/c1-18-19(2)25-23(20(3)24(18)28)8-9-26(4,31-25)17-30-16-22-7-5-6-21(14-22)15-27-10-12-29-13-11-27/h5-7,14,28H,8-13,15-17H2,1-4H3. The maximum atomic E-state index is 10.4. The Morgan fingerprint density at radius 2 is 1.81 bits per heavy atom. The Bertz CT molecular complexity index is 935. The summed E-state index contributed by atoms with van der Waals surface area (Å²) in [6.45, 7) is 13.8. The van der Waals surface area contributed by atoms with Crippen molar-refractivity contribution in [1.29, 1.82) is 0 Å². The van der Waals surface area contributed by atoms with Crippen LogP contribution in [0, 0.1) is 20.8 Å². The number of phenols is 1. The van der Waals surface area contributed by atoms with Gasteiger partial charge in [0, 0.05) is 25.2 Å². The van der Waals surface area contributed by atoms with Crippen molar-refractivity contribution in [3.8, 4) is 11.5 Å². The monoisotopic (exact) mass is 425 g/mol. The van der Waals surface area contributed by atoms with E-state index in [0.717, 1.165) is 73.7 Å². The molecule has 4 rings (SSSR count). The van der Waals surface area contributed by atoms with Crippen LogP contribution in [0.25, 0.3) is 0 Å². The summed E-state index contributed by atoms with van der Waals surface area (Å²) < 4.78 is 18.1. The van der Waals surface area contributed by atoms with Gasteiger partial charge in [-0.25, -0.2) is 0 Å². The zero-order valence-electron chi connectivity index (χ0n) is 19.3. The number of hydrogen-bond acceptors (Lipinski definition) is 5. The number of rotatable bonds is 6. The van der Waals surface area contributed by atoms with E-state index in [0.29, 0.717) is 19.0 Å². The van der Waals surface area contributed by atoms with Crippen molar-refractivity contribution in [2.24, 2.45) is 0 Å². The minimum atomic E-state index is -0.362. The molecule has 1 fully saturated rings. The van der Waals surface area contributed by atoms with Crippen LogP contribution in [0.15, 0.2) is 24.3 Å². The molecule has 31 heavy (non-hydrogen) atoms. The quantitative estimate of drug-likeness (QED) is 0.741. The summed E-state index contributed by atoms with van der Waals surface area (Å²) in [5, 5.41) is 10.4. The zero-order valence-corrected chi connectivity index (χ0v) is 19.3. The van der Waals surface area contributed by atoms with Gasteiger partial charge in [0.2, 0.25) is 0 Å². The van der Waals surface area contributed by atoms with Gasteiger partial charge in [0.15, 0.2) is 0 Å². The Kier molecular flexibility index (Phi) is 6.56. The Balaban J connectivity index is 1.36. The highest BCUT2D eigenvalue weighted by atomic mass is 16.5. The molecule has 2 heterocycles. The molecule has 0 saturated carbocycles. The fourth-order valence-electron chi connectivity index (χ4n) is 4.62. The molecule has 0 amide bonds. The highest BCUT2D eigenvalue weighted by molar-refractivity contribution is 5.58. The van der Waals surface area contributed by atoms with Gasteiger partial charge in [0.05, 0.1) is 26.4 Å². The van der Waals surface area contributed by atoms with Crippen molar-refractivity contribution < 1.29 is 19.3 Å². The minimum Gasteiger partial charge on any atom is -0.507 e. The van der Waals surface area contributed by atoms with E-state index in [9.17, 15) is 5.11 Å². The average Bonchev–Trinajstić information content (AvgIpc) is 2.77. The molecule has 0 bridgehead atoms. The lowest BCUT2D eigenvalue weighted by Gasteiger charge is -2.37. The van der Waals surface area contributed by atoms with E-state index in [2.05, 4.69) is 36.1 Å². The molecule has 5 heteroatoms. The van der Waals surface area contributed by atoms with Crippen LogP contribution in [-0.2, 0) is 29.0 Å². The van der Waals surface area contributed by atoms with E-state index < -0.39 is 0 Å². The van der Waals surface area contributed by atoms with Crippen LogP contribution in [-0.4, -0.2) is 48.5 Å². The summed E-state index contributed by atoms with van der Waals surface area (Å²) >= 11 is 0. The van der Waals surface area contributed by atoms with E-state index in [1.165, 1.54) is 11.1 Å². The lowest BCUT2D eigenvalue weighted by Crippen LogP contribution is -2.41. The summed E-state index contributed by atoms with van der Waals surface area (Å²) in [5.74, 6) is 1.33. The lowest BCUT2D eigenvalue weighted by atomic mass is 9.87. The maximum Gasteiger partial charge on any atom is 0.130 e. The van der Waals surface area contributed by atoms with E-state index in [1.54, 1.807) is 0 Å². The molecule has 2 aromatic rings. The molecule has 5 nitrogen and oxygen atoms in total. The highest BCUT2D eigenvalue weighted by Crippen LogP contribution is 2.43. The summed E-state index contributed by atoms with van der Waals surface area (Å²) in [4.78, 5) is 2.43. The van der Waals surface area contributed by atoms with Crippen molar-refractivity contribution in [1.82, 2.24) is 4.90 Å². The summed E-state index contributed by atoms with van der Waals surface area (Å²) in [6.07, 6.45) is 1.77. The number of phenolic OH excluding ortho intramolecular Hbond substituents is 1. The normalized spacial score (nSPS) is 21.5. The van der Waals surface area contributed by atoms with Gasteiger partial charge < -0.3 is 19.3 Å². The minimum absolute atomic E-state index is 0.362. The first-order chi connectivity index (χ1) is 14.9. The SMILES string of the molecule is Cc1c(C)c2c(c(C)c1O)CCC(C)(COCc1cccc(CN3CCOCC3)c1)O2. The van der Waals surface area contributed by atoms with Crippen molar-refractivity contribution >= 4 is 0 Å². The van der Waals surface area contributed by atoms with E-state index in [-0.39, 0.29) is 5.60 Å². The summed E-state index contributed by atoms with van der Waals surface area (Å²) in [6, 6.07) is 8.67. The Morgan fingerprint density at radius 1 is 1.06 bits per heavy atom. The van der Waals surface area contributed by atoms with Crippen LogP contribution < -0.4 is 4.74 Å². The number of benzene rings is 2.